The molecule has 0 bridgehead atoms. The van der Waals surface area contributed by atoms with E-state index in [0.29, 0.717) is 5.25 Å². The van der Waals surface area contributed by atoms with Crippen LogP contribution in [0.5, 0.6) is 0 Å². The Morgan fingerprint density at radius 3 is 2.85 bits per heavy atom. The molecule has 0 spiro atoms. The summed E-state index contributed by atoms with van der Waals surface area (Å²) in [6.45, 7) is 0. The Kier molecular flexibility index (Phi) is 5.00. The largest absolute Gasteiger partial charge is 0.349 e. The van der Waals surface area contributed by atoms with Crippen LogP contribution in [0.15, 0.2) is 24.3 Å². The van der Waals surface area contributed by atoms with E-state index in [2.05, 4.69) is 11.6 Å². The van der Waals surface area contributed by atoms with Crippen LogP contribution in [0.3, 0.4) is 0 Å². The molecule has 20 heavy (non-hydrogen) atoms. The van der Waals surface area contributed by atoms with Crippen molar-refractivity contribution in [2.24, 2.45) is 0 Å². The van der Waals surface area contributed by atoms with Crippen molar-refractivity contribution in [3.05, 3.63) is 39.9 Å². The fourth-order valence-corrected chi connectivity index (χ4v) is 3.41. The van der Waals surface area contributed by atoms with Crippen molar-refractivity contribution in [1.82, 2.24) is 5.32 Å². The van der Waals surface area contributed by atoms with Gasteiger partial charge in [-0.25, -0.2) is 0 Å². The number of rotatable bonds is 4. The number of nitro benzene ring substituents is 1. The molecule has 0 aliphatic heterocycles. The monoisotopic (exact) mass is 294 g/mol. The number of para-hydroxylation sites is 1. The van der Waals surface area contributed by atoms with Gasteiger partial charge in [0.15, 0.2) is 0 Å². The highest BCUT2D eigenvalue weighted by Crippen LogP contribution is 2.27. The maximum Gasteiger partial charge on any atom is 0.282 e. The number of hydrogen-bond acceptors (Lipinski definition) is 4. The highest BCUT2D eigenvalue weighted by atomic mass is 32.2. The molecule has 0 unspecified atom stereocenters. The molecular weight excluding hydrogens is 276 g/mol. The average molecular weight is 294 g/mol. The van der Waals surface area contributed by atoms with E-state index in [-0.39, 0.29) is 23.2 Å². The molecule has 5 nitrogen and oxygen atoms in total. The topological polar surface area (TPSA) is 72.2 Å². The van der Waals surface area contributed by atoms with Crippen LogP contribution in [0, 0.1) is 10.1 Å². The van der Waals surface area contributed by atoms with Crippen LogP contribution in [-0.4, -0.2) is 28.4 Å². The number of nitrogens with one attached hydrogen (secondary N) is 1. The van der Waals surface area contributed by atoms with Crippen LogP contribution >= 0.6 is 11.8 Å². The molecule has 1 aliphatic rings. The number of nitrogens with zero attached hydrogens (tertiary/aromatic N) is 1. The summed E-state index contributed by atoms with van der Waals surface area (Å²) in [7, 11) is 0. The number of carbonyl (C=O) groups is 1. The van der Waals surface area contributed by atoms with Gasteiger partial charge in [0.1, 0.15) is 5.56 Å². The quantitative estimate of drug-likeness (QED) is 0.684. The molecule has 2 atom stereocenters. The summed E-state index contributed by atoms with van der Waals surface area (Å²) in [6, 6.07) is 6.20. The summed E-state index contributed by atoms with van der Waals surface area (Å²) < 4.78 is 0. The molecule has 1 saturated carbocycles. The Hall–Kier alpha value is -1.56. The molecule has 1 N–H and O–H groups in total. The maximum absolute atomic E-state index is 12.2. The molecule has 6 heteroatoms. The first-order valence-corrected chi connectivity index (χ1v) is 7.97. The second kappa shape index (κ2) is 6.74. The zero-order chi connectivity index (χ0) is 14.5. The zero-order valence-corrected chi connectivity index (χ0v) is 12.2. The van der Waals surface area contributed by atoms with Crippen LogP contribution in [0.2, 0.25) is 0 Å². The van der Waals surface area contributed by atoms with E-state index in [4.69, 9.17) is 0 Å². The second-order valence-corrected chi connectivity index (χ2v) is 6.11. The molecule has 108 valence electrons. The van der Waals surface area contributed by atoms with Crippen LogP contribution in [0.25, 0.3) is 0 Å². The van der Waals surface area contributed by atoms with Gasteiger partial charge in [0.25, 0.3) is 11.6 Å². The summed E-state index contributed by atoms with van der Waals surface area (Å²) in [5.74, 6) is -0.343. The third-order valence-electron chi connectivity index (χ3n) is 3.64. The van der Waals surface area contributed by atoms with Crippen LogP contribution < -0.4 is 5.32 Å². The van der Waals surface area contributed by atoms with Gasteiger partial charge in [-0.15, -0.1) is 0 Å². The Morgan fingerprint density at radius 1 is 1.40 bits per heavy atom. The van der Waals surface area contributed by atoms with Crippen molar-refractivity contribution in [3.63, 3.8) is 0 Å². The number of thioether (sulfide) groups is 1. The lowest BCUT2D eigenvalue weighted by molar-refractivity contribution is -0.385. The second-order valence-electron chi connectivity index (χ2n) is 4.97. The number of carbonyl (C=O) groups excluding carboxylic acids is 1. The SMILES string of the molecule is CS[C@H]1CCC[C@@H](NC(=O)c2ccccc2[N+](=O)[O-])C1. The molecule has 0 saturated heterocycles. The third-order valence-corrected chi connectivity index (χ3v) is 4.73. The standard InChI is InChI=1S/C14H18N2O3S/c1-20-11-6-4-5-10(9-11)15-14(17)12-7-2-3-8-13(12)16(18)19/h2-3,7-8,10-11H,4-6,9H2,1H3,(H,15,17)/t10-,11+/m1/s1. The van der Waals surface area contributed by atoms with Crippen LogP contribution in [0.1, 0.15) is 36.0 Å². The number of amides is 1. The van der Waals surface area contributed by atoms with E-state index >= 15 is 0 Å². The first-order chi connectivity index (χ1) is 9.61. The van der Waals surface area contributed by atoms with Gasteiger partial charge in [-0.3, -0.25) is 14.9 Å². The highest BCUT2D eigenvalue weighted by molar-refractivity contribution is 7.99. The predicted molar refractivity (Wildman–Crippen MR) is 80.1 cm³/mol. The summed E-state index contributed by atoms with van der Waals surface area (Å²) in [6.07, 6.45) is 6.24. The molecular formula is C14H18N2O3S. The van der Waals surface area contributed by atoms with Crippen LogP contribution in [0.4, 0.5) is 5.69 Å². The summed E-state index contributed by atoms with van der Waals surface area (Å²) in [5.41, 5.74) is 0.00556. The Labute approximate surface area is 122 Å². The first-order valence-electron chi connectivity index (χ1n) is 6.69. The summed E-state index contributed by atoms with van der Waals surface area (Å²) >= 11 is 1.82. The van der Waals surface area contributed by atoms with Gasteiger partial charge in [-0.05, 0) is 31.6 Å². The minimum atomic E-state index is -0.513. The van der Waals surface area contributed by atoms with Crippen LogP contribution in [-0.2, 0) is 0 Å². The molecule has 0 heterocycles. The first kappa shape index (κ1) is 14.8. The van der Waals surface area contributed by atoms with Crippen molar-refractivity contribution in [2.75, 3.05) is 6.26 Å². The molecule has 1 aromatic rings. The van der Waals surface area contributed by atoms with E-state index in [1.165, 1.54) is 18.6 Å². The molecule has 0 radical (unpaired) electrons. The third kappa shape index (κ3) is 3.50. The van der Waals surface area contributed by atoms with Crippen molar-refractivity contribution < 1.29 is 9.72 Å². The Bertz CT molecular complexity index is 507. The van der Waals surface area contributed by atoms with Gasteiger partial charge >= 0.3 is 0 Å². The lowest BCUT2D eigenvalue weighted by Gasteiger charge is -2.28. The van der Waals surface area contributed by atoms with E-state index < -0.39 is 4.92 Å². The maximum atomic E-state index is 12.2. The van der Waals surface area contributed by atoms with Gasteiger partial charge in [-0.1, -0.05) is 18.6 Å². The normalized spacial score (nSPS) is 22.2. The van der Waals surface area contributed by atoms with Gasteiger partial charge < -0.3 is 5.32 Å². The lowest BCUT2D eigenvalue weighted by Crippen LogP contribution is -2.39. The molecule has 1 aliphatic carbocycles. The number of nitro groups is 1. The highest BCUT2D eigenvalue weighted by Gasteiger charge is 2.25. The summed E-state index contributed by atoms with van der Waals surface area (Å²) in [4.78, 5) is 22.6. The van der Waals surface area contributed by atoms with Gasteiger partial charge in [0, 0.05) is 17.4 Å². The van der Waals surface area contributed by atoms with Gasteiger partial charge in [-0.2, -0.15) is 11.8 Å². The Balaban J connectivity index is 2.07. The van der Waals surface area contributed by atoms with E-state index in [0.717, 1.165) is 19.3 Å². The predicted octanol–water partition coefficient (Wildman–Crippen LogP) is 3.00. The van der Waals surface area contributed by atoms with E-state index in [1.54, 1.807) is 12.1 Å². The van der Waals surface area contributed by atoms with Crippen molar-refractivity contribution in [3.8, 4) is 0 Å². The van der Waals surface area contributed by atoms with E-state index in [9.17, 15) is 14.9 Å². The molecule has 1 aromatic carbocycles. The van der Waals surface area contributed by atoms with E-state index in [1.807, 2.05) is 11.8 Å². The minimum absolute atomic E-state index is 0.119. The van der Waals surface area contributed by atoms with Gasteiger partial charge in [0.05, 0.1) is 4.92 Å². The average Bonchev–Trinajstić information content (AvgIpc) is 2.47. The minimum Gasteiger partial charge on any atom is -0.349 e. The Morgan fingerprint density at radius 2 is 2.15 bits per heavy atom. The molecule has 2 rings (SSSR count). The lowest BCUT2D eigenvalue weighted by atomic mass is 9.94. The molecule has 1 fully saturated rings. The molecule has 0 aromatic heterocycles. The zero-order valence-electron chi connectivity index (χ0n) is 11.4. The number of benzene rings is 1. The van der Waals surface area contributed by atoms with Gasteiger partial charge in [0.2, 0.25) is 0 Å². The fraction of sp³-hybridized carbons (Fsp3) is 0.500. The fourth-order valence-electron chi connectivity index (χ4n) is 2.58. The summed E-state index contributed by atoms with van der Waals surface area (Å²) in [5, 5.41) is 14.4. The molecule has 1 amide bonds. The number of hydrogen-bond donors (Lipinski definition) is 1. The van der Waals surface area contributed by atoms with Crippen molar-refractivity contribution >= 4 is 23.4 Å². The van der Waals surface area contributed by atoms with Crippen molar-refractivity contribution in [2.45, 2.75) is 37.0 Å². The smallest absolute Gasteiger partial charge is 0.282 e. The van der Waals surface area contributed by atoms with Crippen molar-refractivity contribution in [1.29, 1.82) is 0 Å².